The Morgan fingerprint density at radius 2 is 1.55 bits per heavy atom. The molecule has 4 heteroatoms. The van der Waals surface area contributed by atoms with E-state index < -0.39 is 5.60 Å². The average Bonchev–Trinajstić information content (AvgIpc) is 2.97. The predicted molar refractivity (Wildman–Crippen MR) is 83.4 cm³/mol. The third-order valence-corrected chi connectivity index (χ3v) is 4.93. The summed E-state index contributed by atoms with van der Waals surface area (Å²) in [4.78, 5) is 26.1. The van der Waals surface area contributed by atoms with Crippen molar-refractivity contribution >= 4 is 11.8 Å². The van der Waals surface area contributed by atoms with Crippen LogP contribution in [0.4, 0.5) is 0 Å². The molecule has 1 heterocycles. The summed E-state index contributed by atoms with van der Waals surface area (Å²) in [6.07, 6.45) is 4.98. The number of rotatable bonds is 4. The Bertz CT molecular complexity index is 613. The van der Waals surface area contributed by atoms with Crippen LogP contribution in [0.1, 0.15) is 33.6 Å². The van der Waals surface area contributed by atoms with Crippen molar-refractivity contribution in [3.8, 4) is 0 Å². The summed E-state index contributed by atoms with van der Waals surface area (Å²) in [5, 5.41) is 11.1. The van der Waals surface area contributed by atoms with Gasteiger partial charge in [-0.25, -0.2) is 0 Å². The minimum Gasteiger partial charge on any atom is -0.387 e. The summed E-state index contributed by atoms with van der Waals surface area (Å²) >= 11 is 0. The molecular weight excluding hydrogens is 278 g/mol. The summed E-state index contributed by atoms with van der Waals surface area (Å²) in [5.74, 6) is -0.988. The third kappa shape index (κ3) is 1.95. The summed E-state index contributed by atoms with van der Waals surface area (Å²) in [7, 11) is 0. The van der Waals surface area contributed by atoms with Crippen LogP contribution in [0.15, 0.2) is 49.6 Å². The molecule has 0 spiro atoms. The second-order valence-corrected chi connectivity index (χ2v) is 6.00. The van der Waals surface area contributed by atoms with Crippen molar-refractivity contribution in [1.29, 1.82) is 0 Å². The summed E-state index contributed by atoms with van der Waals surface area (Å²) in [5.41, 5.74) is -0.379. The first kappa shape index (κ1) is 14.7. The number of benzene rings is 1. The number of amides is 2. The zero-order valence-corrected chi connectivity index (χ0v) is 12.4. The maximum absolute atomic E-state index is 12.5. The lowest BCUT2D eigenvalue weighted by molar-refractivity contribution is -0.0272. The van der Waals surface area contributed by atoms with E-state index in [4.69, 9.17) is 0 Å². The van der Waals surface area contributed by atoms with Crippen LogP contribution < -0.4 is 0 Å². The fraction of sp³-hybridized carbons (Fsp3) is 0.333. The molecule has 1 N–H and O–H groups in total. The normalized spacial score (nSPS) is 26.1. The molecule has 0 bridgehead atoms. The Kier molecular flexibility index (Phi) is 3.49. The van der Waals surface area contributed by atoms with Crippen molar-refractivity contribution in [3.05, 3.63) is 60.7 Å². The van der Waals surface area contributed by atoms with E-state index in [9.17, 15) is 14.7 Å². The van der Waals surface area contributed by atoms with Gasteiger partial charge in [-0.15, -0.1) is 13.2 Å². The molecule has 114 valence electrons. The lowest BCUT2D eigenvalue weighted by Crippen LogP contribution is -2.50. The topological polar surface area (TPSA) is 57.6 Å². The number of hydrogen-bond donors (Lipinski definition) is 1. The number of hydrogen-bond acceptors (Lipinski definition) is 3. The summed E-state index contributed by atoms with van der Waals surface area (Å²) < 4.78 is 0. The molecule has 4 nitrogen and oxygen atoms in total. The van der Waals surface area contributed by atoms with Crippen LogP contribution in [-0.4, -0.2) is 34.0 Å². The van der Waals surface area contributed by atoms with E-state index in [0.29, 0.717) is 11.1 Å². The standard InChI is InChI=1S/C18H19NO3/c1-3-12-9-10-13(4-2)18(12,22)11-19-16(20)14-7-5-6-8-15(14)17(19)21/h3-8,12-13,22H,1-2,9-11H2/t12-,13-/m1/s1. The van der Waals surface area contributed by atoms with Crippen LogP contribution in [0.25, 0.3) is 0 Å². The van der Waals surface area contributed by atoms with E-state index in [2.05, 4.69) is 13.2 Å². The van der Waals surface area contributed by atoms with Gasteiger partial charge in [0.25, 0.3) is 11.8 Å². The highest BCUT2D eigenvalue weighted by atomic mass is 16.3. The molecule has 1 fully saturated rings. The molecule has 2 aliphatic rings. The van der Waals surface area contributed by atoms with Gasteiger partial charge in [0.2, 0.25) is 0 Å². The molecule has 1 aromatic rings. The monoisotopic (exact) mass is 297 g/mol. The van der Waals surface area contributed by atoms with Gasteiger partial charge < -0.3 is 5.11 Å². The van der Waals surface area contributed by atoms with Gasteiger partial charge in [0.15, 0.2) is 0 Å². The zero-order valence-electron chi connectivity index (χ0n) is 12.4. The first-order valence-electron chi connectivity index (χ1n) is 7.45. The van der Waals surface area contributed by atoms with Crippen molar-refractivity contribution in [3.63, 3.8) is 0 Å². The fourth-order valence-electron chi connectivity index (χ4n) is 3.65. The number of carbonyl (C=O) groups is 2. The Hall–Kier alpha value is -2.20. The van der Waals surface area contributed by atoms with Crippen molar-refractivity contribution in [2.45, 2.75) is 18.4 Å². The fourth-order valence-corrected chi connectivity index (χ4v) is 3.65. The predicted octanol–water partition coefficient (Wildman–Crippen LogP) is 2.41. The minimum absolute atomic E-state index is 0.0211. The highest BCUT2D eigenvalue weighted by Crippen LogP contribution is 2.43. The molecule has 1 aliphatic carbocycles. The molecule has 3 rings (SSSR count). The average molecular weight is 297 g/mol. The molecular formula is C18H19NO3. The van der Waals surface area contributed by atoms with Gasteiger partial charge in [-0.3, -0.25) is 14.5 Å². The van der Waals surface area contributed by atoms with Crippen LogP contribution in [0.5, 0.6) is 0 Å². The van der Waals surface area contributed by atoms with Gasteiger partial charge in [0.05, 0.1) is 23.3 Å². The van der Waals surface area contributed by atoms with Crippen LogP contribution in [0.2, 0.25) is 0 Å². The number of aliphatic hydroxyl groups is 1. The first-order valence-corrected chi connectivity index (χ1v) is 7.45. The van der Waals surface area contributed by atoms with Crippen molar-refractivity contribution in [2.24, 2.45) is 11.8 Å². The molecule has 1 aliphatic heterocycles. The highest BCUT2D eigenvalue weighted by Gasteiger charge is 2.50. The summed E-state index contributed by atoms with van der Waals surface area (Å²) in [6.45, 7) is 7.53. The lowest BCUT2D eigenvalue weighted by Gasteiger charge is -2.35. The maximum Gasteiger partial charge on any atom is 0.261 e. The second-order valence-electron chi connectivity index (χ2n) is 6.00. The van der Waals surface area contributed by atoms with E-state index in [1.807, 2.05) is 0 Å². The van der Waals surface area contributed by atoms with E-state index in [-0.39, 0.29) is 30.2 Å². The van der Waals surface area contributed by atoms with Gasteiger partial charge >= 0.3 is 0 Å². The SMILES string of the molecule is C=C[C@@H]1CC[C@@H](C=C)C1(O)CN1C(=O)c2ccccc2C1=O. The van der Waals surface area contributed by atoms with Gasteiger partial charge in [0, 0.05) is 11.8 Å². The van der Waals surface area contributed by atoms with Gasteiger partial charge in [-0.05, 0) is 25.0 Å². The van der Waals surface area contributed by atoms with Crippen LogP contribution >= 0.6 is 0 Å². The zero-order chi connectivity index (χ0) is 15.9. The Morgan fingerprint density at radius 1 is 1.09 bits per heavy atom. The quantitative estimate of drug-likeness (QED) is 0.686. The maximum atomic E-state index is 12.5. The Balaban J connectivity index is 1.93. The molecule has 1 aromatic carbocycles. The van der Waals surface area contributed by atoms with Gasteiger partial charge in [0.1, 0.15) is 0 Å². The molecule has 0 radical (unpaired) electrons. The van der Waals surface area contributed by atoms with Crippen molar-refractivity contribution < 1.29 is 14.7 Å². The van der Waals surface area contributed by atoms with Crippen LogP contribution in [0, 0.1) is 11.8 Å². The van der Waals surface area contributed by atoms with Gasteiger partial charge in [-0.1, -0.05) is 24.3 Å². The number of fused-ring (bicyclic) bond motifs is 1. The first-order chi connectivity index (χ1) is 10.5. The van der Waals surface area contributed by atoms with E-state index in [1.165, 1.54) is 0 Å². The van der Waals surface area contributed by atoms with E-state index >= 15 is 0 Å². The number of imide groups is 1. The molecule has 1 saturated carbocycles. The van der Waals surface area contributed by atoms with E-state index in [1.54, 1.807) is 36.4 Å². The van der Waals surface area contributed by atoms with Crippen molar-refractivity contribution in [2.75, 3.05) is 6.54 Å². The third-order valence-electron chi connectivity index (χ3n) is 4.93. The number of β-amino-alcohol motifs (C(OH)–C–C–N with tert-alkyl or cyclic N) is 1. The lowest BCUT2D eigenvalue weighted by atomic mass is 9.83. The van der Waals surface area contributed by atoms with Crippen LogP contribution in [0.3, 0.4) is 0 Å². The highest BCUT2D eigenvalue weighted by molar-refractivity contribution is 6.21. The number of nitrogens with zero attached hydrogens (tertiary/aromatic N) is 1. The molecule has 0 aromatic heterocycles. The number of carbonyl (C=O) groups excluding carboxylic acids is 2. The second kappa shape index (κ2) is 5.21. The smallest absolute Gasteiger partial charge is 0.261 e. The largest absolute Gasteiger partial charge is 0.387 e. The van der Waals surface area contributed by atoms with E-state index in [0.717, 1.165) is 17.7 Å². The van der Waals surface area contributed by atoms with Crippen LogP contribution in [-0.2, 0) is 0 Å². The Labute approximate surface area is 129 Å². The summed E-state index contributed by atoms with van der Waals surface area (Å²) in [6, 6.07) is 6.75. The molecule has 0 unspecified atom stereocenters. The van der Waals surface area contributed by atoms with Crippen molar-refractivity contribution in [1.82, 2.24) is 4.90 Å². The molecule has 22 heavy (non-hydrogen) atoms. The van der Waals surface area contributed by atoms with Gasteiger partial charge in [-0.2, -0.15) is 0 Å². The molecule has 2 amide bonds. The molecule has 0 saturated heterocycles. The minimum atomic E-state index is -1.18. The molecule has 2 atom stereocenters. The Morgan fingerprint density at radius 3 is 1.95 bits per heavy atom.